The number of hydrogen-bond donors (Lipinski definition) is 0. The summed E-state index contributed by atoms with van der Waals surface area (Å²) in [5.74, 6) is 0.757. The first-order valence-corrected chi connectivity index (χ1v) is 5.79. The Labute approximate surface area is 100 Å². The molecule has 4 nitrogen and oxygen atoms in total. The maximum atomic E-state index is 11.8. The molecule has 1 heterocycles. The summed E-state index contributed by atoms with van der Waals surface area (Å²) in [4.78, 5) is 24.6. The van der Waals surface area contributed by atoms with Crippen LogP contribution in [0.15, 0.2) is 30.3 Å². The van der Waals surface area contributed by atoms with Crippen molar-refractivity contribution in [1.29, 1.82) is 0 Å². The predicted molar refractivity (Wildman–Crippen MR) is 62.9 cm³/mol. The van der Waals surface area contributed by atoms with Crippen molar-refractivity contribution < 1.29 is 14.3 Å². The number of nitrogens with zero attached hydrogens (tertiary/aromatic N) is 1. The molecule has 0 atom stereocenters. The van der Waals surface area contributed by atoms with E-state index in [-0.39, 0.29) is 11.9 Å². The maximum absolute atomic E-state index is 11.8. The van der Waals surface area contributed by atoms with Crippen LogP contribution in [0.3, 0.4) is 0 Å². The van der Waals surface area contributed by atoms with Gasteiger partial charge in [0.15, 0.2) is 0 Å². The van der Waals surface area contributed by atoms with E-state index in [1.165, 1.54) is 0 Å². The van der Waals surface area contributed by atoms with Crippen LogP contribution in [0.2, 0.25) is 0 Å². The number of hydrogen-bond acceptors (Lipinski definition) is 3. The highest BCUT2D eigenvalue weighted by molar-refractivity contribution is 5.80. The monoisotopic (exact) mass is 233 g/mol. The number of amides is 1. The van der Waals surface area contributed by atoms with Crippen LogP contribution in [0, 0.1) is 0 Å². The molecule has 0 radical (unpaired) electrons. The lowest BCUT2D eigenvalue weighted by Gasteiger charge is -2.18. The van der Waals surface area contributed by atoms with Gasteiger partial charge in [-0.05, 0) is 18.6 Å². The fourth-order valence-electron chi connectivity index (χ4n) is 1.80. The van der Waals surface area contributed by atoms with E-state index in [0.717, 1.165) is 6.42 Å². The van der Waals surface area contributed by atoms with Crippen molar-refractivity contribution in [2.45, 2.75) is 19.3 Å². The maximum Gasteiger partial charge on any atom is 0.415 e. The zero-order valence-corrected chi connectivity index (χ0v) is 9.59. The lowest BCUT2D eigenvalue weighted by Crippen LogP contribution is -2.34. The van der Waals surface area contributed by atoms with Crippen LogP contribution in [-0.4, -0.2) is 29.9 Å². The van der Waals surface area contributed by atoms with Crippen molar-refractivity contribution in [2.75, 3.05) is 13.1 Å². The van der Waals surface area contributed by atoms with Crippen molar-refractivity contribution in [3.05, 3.63) is 30.3 Å². The fourth-order valence-corrected chi connectivity index (χ4v) is 1.80. The second-order valence-corrected chi connectivity index (χ2v) is 4.06. The minimum atomic E-state index is -0.370. The van der Waals surface area contributed by atoms with E-state index in [1.807, 2.05) is 18.2 Å². The summed E-state index contributed by atoms with van der Waals surface area (Å²) in [5, 5.41) is 0. The van der Waals surface area contributed by atoms with Crippen LogP contribution >= 0.6 is 0 Å². The van der Waals surface area contributed by atoms with Crippen LogP contribution in [-0.2, 0) is 4.79 Å². The molecule has 4 heteroatoms. The number of ketones is 1. The summed E-state index contributed by atoms with van der Waals surface area (Å²) >= 11 is 0. The molecule has 0 bridgehead atoms. The number of Topliss-reactive ketones (excluding diaryl/α,β-unsaturated/α-hetero) is 1. The van der Waals surface area contributed by atoms with Crippen molar-refractivity contribution in [3.8, 4) is 5.75 Å². The molecular weight excluding hydrogens is 218 g/mol. The normalized spacial score (nSPS) is 16.5. The van der Waals surface area contributed by atoms with Gasteiger partial charge in [0.05, 0.1) is 0 Å². The molecule has 2 rings (SSSR count). The Kier molecular flexibility index (Phi) is 3.75. The Morgan fingerprint density at radius 3 is 2.65 bits per heavy atom. The van der Waals surface area contributed by atoms with Crippen molar-refractivity contribution in [2.24, 2.45) is 0 Å². The number of ether oxygens (including phenoxy) is 1. The van der Waals surface area contributed by atoms with Crippen molar-refractivity contribution in [1.82, 2.24) is 4.90 Å². The number of carbonyl (C=O) groups is 2. The Bertz CT molecular complexity index is 402. The van der Waals surface area contributed by atoms with Gasteiger partial charge in [-0.1, -0.05) is 18.2 Å². The summed E-state index contributed by atoms with van der Waals surface area (Å²) < 4.78 is 5.22. The summed E-state index contributed by atoms with van der Waals surface area (Å²) in [5.41, 5.74) is 0. The van der Waals surface area contributed by atoms with Crippen molar-refractivity contribution in [3.63, 3.8) is 0 Å². The molecule has 1 aliphatic heterocycles. The minimum absolute atomic E-state index is 0.222. The van der Waals surface area contributed by atoms with E-state index < -0.39 is 0 Å². The second-order valence-electron chi connectivity index (χ2n) is 4.06. The Hall–Kier alpha value is -1.84. The minimum Gasteiger partial charge on any atom is -0.410 e. The third-order valence-corrected chi connectivity index (χ3v) is 2.75. The molecule has 0 aromatic heterocycles. The molecule has 0 spiro atoms. The Balaban J connectivity index is 1.93. The van der Waals surface area contributed by atoms with Gasteiger partial charge in [0.25, 0.3) is 0 Å². The van der Waals surface area contributed by atoms with Crippen LogP contribution in [0.4, 0.5) is 4.79 Å². The van der Waals surface area contributed by atoms with E-state index in [1.54, 1.807) is 17.0 Å². The molecule has 17 heavy (non-hydrogen) atoms. The largest absolute Gasteiger partial charge is 0.415 e. The third-order valence-electron chi connectivity index (χ3n) is 2.75. The Morgan fingerprint density at radius 1 is 1.12 bits per heavy atom. The molecule has 0 N–H and O–H groups in total. The van der Waals surface area contributed by atoms with Crippen LogP contribution in [0.5, 0.6) is 5.75 Å². The highest BCUT2D eigenvalue weighted by Crippen LogP contribution is 2.13. The first kappa shape index (κ1) is 11.6. The molecule has 1 fully saturated rings. The molecule has 1 saturated heterocycles. The smallest absolute Gasteiger partial charge is 0.410 e. The Morgan fingerprint density at radius 2 is 1.88 bits per heavy atom. The molecule has 0 aliphatic carbocycles. The van der Waals surface area contributed by atoms with Crippen molar-refractivity contribution >= 4 is 11.9 Å². The molecule has 0 saturated carbocycles. The number of benzene rings is 1. The van der Waals surface area contributed by atoms with Gasteiger partial charge in [-0.25, -0.2) is 4.79 Å². The zero-order chi connectivity index (χ0) is 12.1. The summed E-state index contributed by atoms with van der Waals surface area (Å²) in [6.45, 7) is 1.06. The molecule has 1 aliphatic rings. The number of rotatable bonds is 1. The lowest BCUT2D eigenvalue weighted by atomic mass is 10.2. The first-order valence-electron chi connectivity index (χ1n) is 5.79. The van der Waals surface area contributed by atoms with Crippen LogP contribution in [0.25, 0.3) is 0 Å². The summed E-state index contributed by atoms with van der Waals surface area (Å²) in [7, 11) is 0. The predicted octanol–water partition coefficient (Wildman–Crippen LogP) is 2.24. The van der Waals surface area contributed by atoms with Gasteiger partial charge in [-0.15, -0.1) is 0 Å². The molecule has 1 aromatic carbocycles. The topological polar surface area (TPSA) is 46.6 Å². The average Bonchev–Trinajstić information content (AvgIpc) is 2.55. The second kappa shape index (κ2) is 5.48. The molecular formula is C13H15NO3. The van der Waals surface area contributed by atoms with E-state index in [9.17, 15) is 9.59 Å². The van der Waals surface area contributed by atoms with Gasteiger partial charge in [0.1, 0.15) is 11.5 Å². The lowest BCUT2D eigenvalue weighted by molar-refractivity contribution is -0.118. The van der Waals surface area contributed by atoms with Crippen LogP contribution < -0.4 is 4.74 Å². The fraction of sp³-hybridized carbons (Fsp3) is 0.385. The van der Waals surface area contributed by atoms with Gasteiger partial charge in [-0.2, -0.15) is 0 Å². The van der Waals surface area contributed by atoms with E-state index >= 15 is 0 Å². The molecule has 90 valence electrons. The first-order chi connectivity index (χ1) is 8.25. The van der Waals surface area contributed by atoms with Gasteiger partial charge in [0, 0.05) is 25.9 Å². The molecule has 1 amide bonds. The SMILES string of the molecule is O=C1CCCN(C(=O)Oc2ccccc2)CC1. The summed E-state index contributed by atoms with van der Waals surface area (Å²) in [6.07, 6.45) is 1.35. The van der Waals surface area contributed by atoms with Gasteiger partial charge < -0.3 is 9.64 Å². The van der Waals surface area contributed by atoms with E-state index in [4.69, 9.17) is 4.74 Å². The van der Waals surface area contributed by atoms with Gasteiger partial charge in [0.2, 0.25) is 0 Å². The third kappa shape index (κ3) is 3.31. The highest BCUT2D eigenvalue weighted by Gasteiger charge is 2.20. The van der Waals surface area contributed by atoms with Crippen LogP contribution in [0.1, 0.15) is 19.3 Å². The zero-order valence-electron chi connectivity index (χ0n) is 9.59. The van der Waals surface area contributed by atoms with Gasteiger partial charge in [-0.3, -0.25) is 4.79 Å². The quantitative estimate of drug-likeness (QED) is 0.747. The average molecular weight is 233 g/mol. The molecule has 1 aromatic rings. The summed E-state index contributed by atoms with van der Waals surface area (Å²) in [6, 6.07) is 8.97. The molecule has 0 unspecified atom stereocenters. The standard InChI is InChI=1S/C13H15NO3/c15-11-5-4-9-14(10-8-11)13(16)17-12-6-2-1-3-7-12/h1-3,6-7H,4-5,8-10H2. The highest BCUT2D eigenvalue weighted by atomic mass is 16.6. The number of para-hydroxylation sites is 1. The number of likely N-dealkylation sites (tertiary alicyclic amines) is 1. The van der Waals surface area contributed by atoms with E-state index in [2.05, 4.69) is 0 Å². The number of carbonyl (C=O) groups excluding carboxylic acids is 2. The van der Waals surface area contributed by atoms with E-state index in [0.29, 0.717) is 31.7 Å². The van der Waals surface area contributed by atoms with Gasteiger partial charge >= 0.3 is 6.09 Å².